The zero-order valence-electron chi connectivity index (χ0n) is 8.50. The van der Waals surface area contributed by atoms with Gasteiger partial charge in [-0.1, -0.05) is 0 Å². The second kappa shape index (κ2) is 5.80. The molecule has 0 amide bonds. The Morgan fingerprint density at radius 1 is 1.27 bits per heavy atom. The average molecular weight is 234 g/mol. The van der Waals surface area contributed by atoms with Crippen LogP contribution < -0.4 is 9.47 Å². The van der Waals surface area contributed by atoms with E-state index in [1.54, 1.807) is 18.2 Å². The van der Waals surface area contributed by atoms with Crippen LogP contribution in [0.5, 0.6) is 11.5 Å². The molecule has 0 aliphatic rings. The lowest BCUT2D eigenvalue weighted by atomic mass is 10.3. The maximum Gasteiger partial charge on any atom is 0.247 e. The first-order valence-corrected chi connectivity index (χ1v) is 5.29. The molecule has 84 valence electrons. The van der Waals surface area contributed by atoms with Crippen molar-refractivity contribution >= 4 is 11.8 Å². The lowest BCUT2D eigenvalue weighted by molar-refractivity contribution is 0.177. The van der Waals surface area contributed by atoms with E-state index in [4.69, 9.17) is 9.47 Å². The van der Waals surface area contributed by atoms with Crippen molar-refractivity contribution in [2.75, 3.05) is 20.0 Å². The fraction of sp³-hybridized carbons (Fsp3) is 0.400. The molecule has 0 aromatic heterocycles. The van der Waals surface area contributed by atoms with Gasteiger partial charge in [0.2, 0.25) is 6.43 Å². The van der Waals surface area contributed by atoms with Gasteiger partial charge in [-0.25, -0.2) is 8.78 Å². The lowest BCUT2D eigenvalue weighted by Crippen LogP contribution is -1.95. The summed E-state index contributed by atoms with van der Waals surface area (Å²) < 4.78 is 34.2. The zero-order valence-corrected chi connectivity index (χ0v) is 9.31. The third-order valence-electron chi connectivity index (χ3n) is 1.74. The Morgan fingerprint density at radius 2 is 2.00 bits per heavy atom. The van der Waals surface area contributed by atoms with Crippen LogP contribution in [0.25, 0.3) is 0 Å². The van der Waals surface area contributed by atoms with E-state index < -0.39 is 6.43 Å². The third kappa shape index (κ3) is 3.58. The third-order valence-corrected chi connectivity index (χ3v) is 2.78. The number of hydrogen-bond donors (Lipinski definition) is 0. The van der Waals surface area contributed by atoms with Crippen molar-refractivity contribution in [1.82, 2.24) is 0 Å². The van der Waals surface area contributed by atoms with Crippen LogP contribution in [0.1, 0.15) is 0 Å². The maximum absolute atomic E-state index is 12.0. The minimum atomic E-state index is -2.33. The van der Waals surface area contributed by atoms with E-state index in [1.807, 2.05) is 0 Å². The number of thioether (sulfide) groups is 1. The van der Waals surface area contributed by atoms with Crippen molar-refractivity contribution in [2.24, 2.45) is 0 Å². The molecule has 0 aliphatic carbocycles. The first-order chi connectivity index (χ1) is 7.17. The fourth-order valence-corrected chi connectivity index (χ4v) is 1.85. The summed E-state index contributed by atoms with van der Waals surface area (Å²) in [5.41, 5.74) is 0. The predicted molar refractivity (Wildman–Crippen MR) is 56.3 cm³/mol. The van der Waals surface area contributed by atoms with Gasteiger partial charge in [-0.3, -0.25) is 0 Å². The monoisotopic (exact) mass is 234 g/mol. The molecule has 5 heteroatoms. The molecule has 0 radical (unpaired) electrons. The van der Waals surface area contributed by atoms with E-state index in [0.717, 1.165) is 11.8 Å². The molecular formula is C10H12F2O2S. The largest absolute Gasteiger partial charge is 0.497 e. The van der Waals surface area contributed by atoms with Gasteiger partial charge in [0.05, 0.1) is 24.9 Å². The van der Waals surface area contributed by atoms with E-state index in [1.165, 1.54) is 14.2 Å². The molecule has 1 aromatic rings. The van der Waals surface area contributed by atoms with Crippen LogP contribution >= 0.6 is 11.8 Å². The summed E-state index contributed by atoms with van der Waals surface area (Å²) in [6.07, 6.45) is -2.33. The van der Waals surface area contributed by atoms with Gasteiger partial charge in [0.25, 0.3) is 0 Å². The van der Waals surface area contributed by atoms with Gasteiger partial charge in [0.15, 0.2) is 0 Å². The number of benzene rings is 1. The molecule has 0 fully saturated rings. The van der Waals surface area contributed by atoms with E-state index >= 15 is 0 Å². The molecule has 0 saturated carbocycles. The van der Waals surface area contributed by atoms with Crippen LogP contribution in [0.2, 0.25) is 0 Å². The van der Waals surface area contributed by atoms with Gasteiger partial charge in [-0.15, -0.1) is 11.8 Å². The summed E-state index contributed by atoms with van der Waals surface area (Å²) in [4.78, 5) is 0.664. The van der Waals surface area contributed by atoms with Crippen molar-refractivity contribution in [1.29, 1.82) is 0 Å². The van der Waals surface area contributed by atoms with Gasteiger partial charge in [0, 0.05) is 0 Å². The van der Waals surface area contributed by atoms with Crippen molar-refractivity contribution in [3.8, 4) is 11.5 Å². The predicted octanol–water partition coefficient (Wildman–Crippen LogP) is 3.06. The first-order valence-electron chi connectivity index (χ1n) is 4.30. The summed E-state index contributed by atoms with van der Waals surface area (Å²) in [6, 6.07) is 5.11. The van der Waals surface area contributed by atoms with Gasteiger partial charge in [-0.05, 0) is 18.2 Å². The molecular weight excluding hydrogens is 222 g/mol. The van der Waals surface area contributed by atoms with Gasteiger partial charge >= 0.3 is 0 Å². The minimum Gasteiger partial charge on any atom is -0.497 e. The molecule has 0 bridgehead atoms. The average Bonchev–Trinajstić information content (AvgIpc) is 2.25. The van der Waals surface area contributed by atoms with Crippen LogP contribution in [0.3, 0.4) is 0 Å². The first kappa shape index (κ1) is 12.1. The molecule has 0 spiro atoms. The summed E-state index contributed by atoms with van der Waals surface area (Å²) in [6.45, 7) is 0. The molecule has 0 N–H and O–H groups in total. The Kier molecular flexibility index (Phi) is 4.68. The second-order valence-corrected chi connectivity index (χ2v) is 3.78. The SMILES string of the molecule is COc1ccc(OC)c(SCC(F)F)c1. The van der Waals surface area contributed by atoms with Crippen molar-refractivity contribution in [3.63, 3.8) is 0 Å². The Hall–Kier alpha value is -0.970. The summed E-state index contributed by atoms with van der Waals surface area (Å²) >= 11 is 1.05. The summed E-state index contributed by atoms with van der Waals surface area (Å²) in [5.74, 6) is 0.970. The number of hydrogen-bond acceptors (Lipinski definition) is 3. The lowest BCUT2D eigenvalue weighted by Gasteiger charge is -2.09. The van der Waals surface area contributed by atoms with E-state index in [9.17, 15) is 8.78 Å². The van der Waals surface area contributed by atoms with Crippen LogP contribution in [-0.2, 0) is 0 Å². The van der Waals surface area contributed by atoms with Crippen LogP contribution in [0.4, 0.5) is 8.78 Å². The molecule has 2 nitrogen and oxygen atoms in total. The molecule has 15 heavy (non-hydrogen) atoms. The highest BCUT2D eigenvalue weighted by Crippen LogP contribution is 2.33. The van der Waals surface area contributed by atoms with Crippen molar-refractivity contribution < 1.29 is 18.3 Å². The van der Waals surface area contributed by atoms with Gasteiger partial charge in [-0.2, -0.15) is 0 Å². The number of methoxy groups -OCH3 is 2. The highest BCUT2D eigenvalue weighted by molar-refractivity contribution is 7.99. The smallest absolute Gasteiger partial charge is 0.247 e. The molecule has 1 aromatic carbocycles. The fourth-order valence-electron chi connectivity index (χ4n) is 1.05. The highest BCUT2D eigenvalue weighted by Gasteiger charge is 2.09. The highest BCUT2D eigenvalue weighted by atomic mass is 32.2. The van der Waals surface area contributed by atoms with Gasteiger partial charge in [0.1, 0.15) is 11.5 Å². The number of halogens is 2. The Morgan fingerprint density at radius 3 is 2.53 bits per heavy atom. The topological polar surface area (TPSA) is 18.5 Å². The number of rotatable bonds is 5. The number of ether oxygens (including phenoxy) is 2. The Balaban J connectivity index is 2.81. The standard InChI is InChI=1S/C10H12F2O2S/c1-13-7-3-4-8(14-2)9(5-7)15-6-10(11)12/h3-5,10H,6H2,1-2H3. The van der Waals surface area contributed by atoms with Gasteiger partial charge < -0.3 is 9.47 Å². The van der Waals surface area contributed by atoms with Crippen LogP contribution in [0, 0.1) is 0 Å². The van der Waals surface area contributed by atoms with Crippen LogP contribution in [0.15, 0.2) is 23.1 Å². The summed E-state index contributed by atoms with van der Waals surface area (Å²) in [7, 11) is 3.04. The van der Waals surface area contributed by atoms with Crippen molar-refractivity contribution in [3.05, 3.63) is 18.2 Å². The van der Waals surface area contributed by atoms with Crippen molar-refractivity contribution in [2.45, 2.75) is 11.3 Å². The van der Waals surface area contributed by atoms with E-state index in [2.05, 4.69) is 0 Å². The number of alkyl halides is 2. The Bertz CT molecular complexity index is 318. The van der Waals surface area contributed by atoms with E-state index in [0.29, 0.717) is 16.4 Å². The molecule has 1 rings (SSSR count). The molecule has 0 heterocycles. The molecule has 0 saturated heterocycles. The summed E-state index contributed by atoms with van der Waals surface area (Å²) in [5, 5.41) is 0. The maximum atomic E-state index is 12.0. The van der Waals surface area contributed by atoms with E-state index in [-0.39, 0.29) is 5.75 Å². The quantitative estimate of drug-likeness (QED) is 0.729. The minimum absolute atomic E-state index is 0.247. The molecule has 0 unspecified atom stereocenters. The molecule has 0 atom stereocenters. The molecule has 0 aliphatic heterocycles. The van der Waals surface area contributed by atoms with Crippen LogP contribution in [-0.4, -0.2) is 26.4 Å². The second-order valence-electron chi connectivity index (χ2n) is 2.72. The Labute approximate surface area is 91.6 Å². The normalized spacial score (nSPS) is 10.5. The zero-order chi connectivity index (χ0) is 11.3.